The Hall–Kier alpha value is -3.78. The number of hydrogen-bond donors (Lipinski definition) is 0. The van der Waals surface area contributed by atoms with Gasteiger partial charge in [-0.2, -0.15) is 0 Å². The number of methoxy groups -OCH3 is 1. The first-order chi connectivity index (χ1) is 14.9. The van der Waals surface area contributed by atoms with Crippen LogP contribution in [0.4, 0.5) is 5.69 Å². The van der Waals surface area contributed by atoms with Crippen LogP contribution < -0.4 is 4.74 Å². The van der Waals surface area contributed by atoms with E-state index in [2.05, 4.69) is 39.4 Å². The third-order valence-electron chi connectivity index (χ3n) is 5.33. The maximum absolute atomic E-state index is 10.8. The van der Waals surface area contributed by atoms with Gasteiger partial charge in [0.15, 0.2) is 0 Å². The van der Waals surface area contributed by atoms with Crippen LogP contribution in [0.5, 0.6) is 5.75 Å². The van der Waals surface area contributed by atoms with Crippen molar-refractivity contribution in [2.75, 3.05) is 14.2 Å². The molecule has 1 aromatic heterocycles. The predicted molar refractivity (Wildman–Crippen MR) is 117 cm³/mol. The second kappa shape index (κ2) is 8.53. The number of fused-ring (bicyclic) bond motifs is 1. The van der Waals surface area contributed by atoms with E-state index >= 15 is 0 Å². The molecule has 158 valence electrons. The van der Waals surface area contributed by atoms with E-state index in [1.807, 2.05) is 26.1 Å². The quantitative estimate of drug-likeness (QED) is 0.308. The summed E-state index contributed by atoms with van der Waals surface area (Å²) in [4.78, 5) is 12.5. The molecule has 4 aromatic rings. The molecule has 0 fully saturated rings. The van der Waals surface area contributed by atoms with Crippen LogP contribution in [-0.4, -0.2) is 34.2 Å². The Balaban J connectivity index is 1.47. The van der Waals surface area contributed by atoms with Gasteiger partial charge in [-0.15, -0.1) is 10.2 Å². The average Bonchev–Trinajstić information content (AvgIpc) is 3.28. The summed E-state index contributed by atoms with van der Waals surface area (Å²) >= 11 is 0. The van der Waals surface area contributed by atoms with E-state index < -0.39 is 4.92 Å². The predicted octanol–water partition coefficient (Wildman–Crippen LogP) is 5.00. The van der Waals surface area contributed by atoms with Gasteiger partial charge in [0.05, 0.1) is 18.1 Å². The smallest absolute Gasteiger partial charge is 0.269 e. The Labute approximate surface area is 179 Å². The van der Waals surface area contributed by atoms with Crippen molar-refractivity contribution in [1.82, 2.24) is 15.1 Å². The van der Waals surface area contributed by atoms with Gasteiger partial charge in [-0.1, -0.05) is 18.2 Å². The molecule has 0 aliphatic rings. The van der Waals surface area contributed by atoms with Crippen LogP contribution in [-0.2, 0) is 6.54 Å². The number of non-ortho nitro benzene ring substituents is 1. The number of rotatable bonds is 7. The molecule has 31 heavy (non-hydrogen) atoms. The van der Waals surface area contributed by atoms with Gasteiger partial charge in [-0.3, -0.25) is 15.0 Å². The number of aromatic nitrogens is 2. The van der Waals surface area contributed by atoms with Gasteiger partial charge in [0.1, 0.15) is 5.75 Å². The summed E-state index contributed by atoms with van der Waals surface area (Å²) in [6.45, 7) is 2.71. The summed E-state index contributed by atoms with van der Waals surface area (Å²) in [5.74, 6) is 1.66. The number of nitro benzene ring substituents is 1. The highest BCUT2D eigenvalue weighted by Crippen LogP contribution is 2.27. The molecule has 1 atom stereocenters. The molecule has 0 bridgehead atoms. The first-order valence-corrected chi connectivity index (χ1v) is 9.80. The van der Waals surface area contributed by atoms with Gasteiger partial charge in [0.2, 0.25) is 11.8 Å². The maximum Gasteiger partial charge on any atom is 0.269 e. The third kappa shape index (κ3) is 4.39. The average molecular weight is 418 g/mol. The number of nitro groups is 1. The zero-order chi connectivity index (χ0) is 22.0. The molecule has 0 aliphatic heterocycles. The highest BCUT2D eigenvalue weighted by molar-refractivity contribution is 5.84. The molecular formula is C23H22N4O4. The highest BCUT2D eigenvalue weighted by atomic mass is 16.6. The Morgan fingerprint density at radius 1 is 1.06 bits per heavy atom. The molecule has 0 radical (unpaired) electrons. The minimum absolute atomic E-state index is 0.0189. The van der Waals surface area contributed by atoms with E-state index in [9.17, 15) is 10.1 Å². The van der Waals surface area contributed by atoms with E-state index in [0.717, 1.165) is 16.5 Å². The van der Waals surface area contributed by atoms with Crippen molar-refractivity contribution in [1.29, 1.82) is 0 Å². The van der Waals surface area contributed by atoms with Gasteiger partial charge >= 0.3 is 0 Å². The summed E-state index contributed by atoms with van der Waals surface area (Å²) in [5.41, 5.74) is 1.83. The van der Waals surface area contributed by atoms with Crippen LogP contribution in [0.15, 0.2) is 65.1 Å². The van der Waals surface area contributed by atoms with Crippen molar-refractivity contribution in [3.63, 3.8) is 0 Å². The normalized spacial score (nSPS) is 12.3. The Morgan fingerprint density at radius 2 is 1.77 bits per heavy atom. The molecule has 0 amide bonds. The van der Waals surface area contributed by atoms with Crippen LogP contribution in [0.2, 0.25) is 0 Å². The zero-order valence-electron chi connectivity index (χ0n) is 17.5. The van der Waals surface area contributed by atoms with Gasteiger partial charge in [0, 0.05) is 24.2 Å². The van der Waals surface area contributed by atoms with E-state index in [-0.39, 0.29) is 11.7 Å². The maximum atomic E-state index is 10.8. The minimum Gasteiger partial charge on any atom is -0.497 e. The van der Waals surface area contributed by atoms with Crippen molar-refractivity contribution in [2.24, 2.45) is 0 Å². The summed E-state index contributed by atoms with van der Waals surface area (Å²) in [6, 6.07) is 18.3. The monoisotopic (exact) mass is 418 g/mol. The molecule has 0 saturated heterocycles. The second-order valence-electron chi connectivity index (χ2n) is 7.39. The molecular weight excluding hydrogens is 396 g/mol. The molecule has 4 rings (SSSR count). The lowest BCUT2D eigenvalue weighted by Crippen LogP contribution is -2.22. The van der Waals surface area contributed by atoms with Gasteiger partial charge in [-0.25, -0.2) is 0 Å². The largest absolute Gasteiger partial charge is 0.497 e. The first kappa shape index (κ1) is 20.5. The molecule has 8 heteroatoms. The van der Waals surface area contributed by atoms with Crippen molar-refractivity contribution >= 4 is 16.5 Å². The molecule has 0 saturated carbocycles. The van der Waals surface area contributed by atoms with Crippen LogP contribution in [0.1, 0.15) is 24.4 Å². The lowest BCUT2D eigenvalue weighted by atomic mass is 10.1. The minimum atomic E-state index is -0.441. The van der Waals surface area contributed by atoms with Crippen molar-refractivity contribution in [3.05, 3.63) is 82.2 Å². The Morgan fingerprint density at radius 3 is 2.48 bits per heavy atom. The number of nitrogens with zero attached hydrogens (tertiary/aromatic N) is 4. The third-order valence-corrected chi connectivity index (χ3v) is 5.33. The van der Waals surface area contributed by atoms with E-state index in [1.54, 1.807) is 19.2 Å². The molecule has 8 nitrogen and oxygen atoms in total. The molecule has 1 heterocycles. The van der Waals surface area contributed by atoms with Crippen LogP contribution >= 0.6 is 0 Å². The van der Waals surface area contributed by atoms with Crippen LogP contribution in [0.3, 0.4) is 0 Å². The number of ether oxygens (including phenoxy) is 1. The van der Waals surface area contributed by atoms with Crippen LogP contribution in [0, 0.1) is 10.1 Å². The van der Waals surface area contributed by atoms with Gasteiger partial charge in [0.25, 0.3) is 5.69 Å². The second-order valence-corrected chi connectivity index (χ2v) is 7.39. The van der Waals surface area contributed by atoms with Crippen molar-refractivity contribution < 1.29 is 14.1 Å². The van der Waals surface area contributed by atoms with Gasteiger partial charge < -0.3 is 9.15 Å². The summed E-state index contributed by atoms with van der Waals surface area (Å²) in [5, 5.41) is 21.4. The van der Waals surface area contributed by atoms with Crippen molar-refractivity contribution in [3.8, 4) is 17.2 Å². The molecule has 0 N–H and O–H groups in total. The summed E-state index contributed by atoms with van der Waals surface area (Å²) in [7, 11) is 3.66. The number of hydrogen-bond acceptors (Lipinski definition) is 7. The fraction of sp³-hybridized carbons (Fsp3) is 0.217. The van der Waals surface area contributed by atoms with Crippen LogP contribution in [0.25, 0.3) is 22.2 Å². The van der Waals surface area contributed by atoms with Crippen molar-refractivity contribution in [2.45, 2.75) is 19.5 Å². The zero-order valence-corrected chi connectivity index (χ0v) is 17.5. The molecule has 0 spiro atoms. The van der Waals surface area contributed by atoms with E-state index in [1.165, 1.54) is 17.7 Å². The Kier molecular flexibility index (Phi) is 5.64. The Bertz CT molecular complexity index is 1220. The summed E-state index contributed by atoms with van der Waals surface area (Å²) in [6.07, 6.45) is 0. The van der Waals surface area contributed by atoms with E-state index in [0.29, 0.717) is 23.9 Å². The first-order valence-electron chi connectivity index (χ1n) is 9.80. The fourth-order valence-corrected chi connectivity index (χ4v) is 3.36. The highest BCUT2D eigenvalue weighted by Gasteiger charge is 2.20. The fourth-order valence-electron chi connectivity index (χ4n) is 3.36. The lowest BCUT2D eigenvalue weighted by molar-refractivity contribution is -0.384. The van der Waals surface area contributed by atoms with Gasteiger partial charge in [-0.05, 0) is 60.6 Å². The molecule has 1 unspecified atom stereocenters. The summed E-state index contributed by atoms with van der Waals surface area (Å²) < 4.78 is 11.1. The topological polar surface area (TPSA) is 94.5 Å². The molecule has 3 aromatic carbocycles. The standard InChI is InChI=1S/C23H22N4O4/c1-15(22-24-25-23(31-22)17-6-9-20(10-7-17)27(28)29)26(2)14-16-4-5-19-13-21(30-3)11-8-18(19)12-16/h4-13,15H,14H2,1-3H3. The number of benzene rings is 3. The SMILES string of the molecule is COc1ccc2cc(CN(C)C(C)c3nnc(-c4ccc([N+](=O)[O-])cc4)o3)ccc2c1. The van der Waals surface area contributed by atoms with E-state index in [4.69, 9.17) is 9.15 Å². The lowest BCUT2D eigenvalue weighted by Gasteiger charge is -2.22. The molecule has 0 aliphatic carbocycles.